The molecule has 2 nitrogen and oxygen atoms in total. The number of ether oxygens (including phenoxy) is 1. The predicted molar refractivity (Wildman–Crippen MR) is 75.4 cm³/mol. The van der Waals surface area contributed by atoms with E-state index in [-0.39, 0.29) is 0 Å². The lowest BCUT2D eigenvalue weighted by Crippen LogP contribution is -2.04. The van der Waals surface area contributed by atoms with Crippen LogP contribution in [0, 0.1) is 0 Å². The van der Waals surface area contributed by atoms with Crippen LogP contribution in [0.1, 0.15) is 5.56 Å². The zero-order valence-corrected chi connectivity index (χ0v) is 11.0. The van der Waals surface area contributed by atoms with Gasteiger partial charge in [-0.3, -0.25) is 0 Å². The zero-order valence-electron chi connectivity index (χ0n) is 9.45. The number of hydrogen-bond acceptors (Lipinski definition) is 2. The van der Waals surface area contributed by atoms with Crippen molar-refractivity contribution < 1.29 is 4.74 Å². The molecule has 0 heterocycles. The Kier molecular flexibility index (Phi) is 3.82. The molecule has 88 valence electrons. The van der Waals surface area contributed by atoms with Crippen LogP contribution >= 0.6 is 15.9 Å². The van der Waals surface area contributed by atoms with E-state index in [1.165, 1.54) is 5.39 Å². The molecule has 2 aromatic carbocycles. The van der Waals surface area contributed by atoms with Gasteiger partial charge in [-0.2, -0.15) is 0 Å². The van der Waals surface area contributed by atoms with Crippen LogP contribution in [-0.4, -0.2) is 6.61 Å². The Morgan fingerprint density at radius 3 is 2.71 bits per heavy atom. The van der Waals surface area contributed by atoms with Gasteiger partial charge in [-0.15, -0.1) is 0 Å². The van der Waals surface area contributed by atoms with Crippen molar-refractivity contribution in [2.24, 2.45) is 5.73 Å². The van der Waals surface area contributed by atoms with Crippen molar-refractivity contribution in [1.29, 1.82) is 0 Å². The number of benzene rings is 2. The van der Waals surface area contributed by atoms with Gasteiger partial charge in [0, 0.05) is 16.6 Å². The van der Waals surface area contributed by atoms with Crippen LogP contribution in [0.15, 0.2) is 47.5 Å². The second kappa shape index (κ2) is 5.34. The topological polar surface area (TPSA) is 35.2 Å². The van der Waals surface area contributed by atoms with Crippen LogP contribution in [0.4, 0.5) is 0 Å². The lowest BCUT2D eigenvalue weighted by molar-refractivity contribution is 0.357. The van der Waals surface area contributed by atoms with E-state index in [9.17, 15) is 0 Å². The van der Waals surface area contributed by atoms with Crippen LogP contribution in [-0.2, 0) is 6.54 Å². The molecule has 17 heavy (non-hydrogen) atoms. The van der Waals surface area contributed by atoms with Gasteiger partial charge in [0.2, 0.25) is 0 Å². The van der Waals surface area contributed by atoms with Crippen molar-refractivity contribution in [3.8, 4) is 5.75 Å². The van der Waals surface area contributed by atoms with Crippen LogP contribution in [0.25, 0.3) is 10.8 Å². The molecule has 0 bridgehead atoms. The molecule has 0 aliphatic heterocycles. The molecule has 0 unspecified atom stereocenters. The molecule has 0 atom stereocenters. The zero-order chi connectivity index (χ0) is 12.3. The molecule has 0 amide bonds. The van der Waals surface area contributed by atoms with Crippen molar-refractivity contribution in [2.75, 3.05) is 6.61 Å². The number of fused-ring (bicyclic) bond motifs is 1. The number of hydrogen-bond donors (Lipinski definition) is 1. The van der Waals surface area contributed by atoms with Crippen LogP contribution < -0.4 is 10.5 Å². The molecule has 0 saturated heterocycles. The van der Waals surface area contributed by atoms with E-state index in [0.717, 1.165) is 21.2 Å². The first-order valence-electron chi connectivity index (χ1n) is 5.39. The van der Waals surface area contributed by atoms with Gasteiger partial charge in [0.1, 0.15) is 12.4 Å². The standard InChI is InChI=1S/C14H14BrNO/c1-10(15)9-17-14-7-6-11-4-2-3-5-12(11)13(14)8-16/h2-7H,1,8-9,16H2. The first-order valence-corrected chi connectivity index (χ1v) is 6.18. The van der Waals surface area contributed by atoms with Gasteiger partial charge < -0.3 is 10.5 Å². The lowest BCUT2D eigenvalue weighted by atomic mass is 10.0. The second-order valence-corrected chi connectivity index (χ2v) is 4.89. The van der Waals surface area contributed by atoms with E-state index < -0.39 is 0 Å². The SMILES string of the molecule is C=C(Br)COc1ccc2ccccc2c1CN. The average molecular weight is 292 g/mol. The molecule has 0 spiro atoms. The van der Waals surface area contributed by atoms with E-state index in [0.29, 0.717) is 13.2 Å². The minimum atomic E-state index is 0.450. The van der Waals surface area contributed by atoms with Crippen LogP contribution in [0.2, 0.25) is 0 Å². The Hall–Kier alpha value is -1.32. The van der Waals surface area contributed by atoms with Gasteiger partial charge in [-0.1, -0.05) is 52.8 Å². The molecule has 0 aromatic heterocycles. The molecule has 0 saturated carbocycles. The lowest BCUT2D eigenvalue weighted by Gasteiger charge is -2.12. The summed E-state index contributed by atoms with van der Waals surface area (Å²) in [6, 6.07) is 12.2. The number of nitrogens with two attached hydrogens (primary N) is 1. The minimum Gasteiger partial charge on any atom is -0.488 e. The second-order valence-electron chi connectivity index (χ2n) is 3.77. The molecule has 2 N–H and O–H groups in total. The Morgan fingerprint density at radius 2 is 2.00 bits per heavy atom. The molecule has 0 aliphatic rings. The van der Waals surface area contributed by atoms with E-state index in [2.05, 4.69) is 34.6 Å². The maximum Gasteiger partial charge on any atom is 0.124 e. The third-order valence-electron chi connectivity index (χ3n) is 2.59. The fourth-order valence-electron chi connectivity index (χ4n) is 1.82. The molecule has 3 heteroatoms. The summed E-state index contributed by atoms with van der Waals surface area (Å²) >= 11 is 3.28. The molecule has 0 radical (unpaired) electrons. The highest BCUT2D eigenvalue weighted by Gasteiger charge is 2.07. The van der Waals surface area contributed by atoms with Crippen molar-refractivity contribution >= 4 is 26.7 Å². The van der Waals surface area contributed by atoms with E-state index in [1.807, 2.05) is 24.3 Å². The maximum atomic E-state index is 5.81. The van der Waals surface area contributed by atoms with E-state index in [4.69, 9.17) is 10.5 Å². The first kappa shape index (κ1) is 12.1. The van der Waals surface area contributed by atoms with Crippen LogP contribution in [0.5, 0.6) is 5.75 Å². The van der Waals surface area contributed by atoms with Gasteiger partial charge in [-0.05, 0) is 16.8 Å². The van der Waals surface area contributed by atoms with E-state index in [1.54, 1.807) is 0 Å². The summed E-state index contributed by atoms with van der Waals surface area (Å²) in [4.78, 5) is 0. The van der Waals surface area contributed by atoms with Gasteiger partial charge in [-0.25, -0.2) is 0 Å². The summed E-state index contributed by atoms with van der Waals surface area (Å²) in [5, 5.41) is 2.32. The summed E-state index contributed by atoms with van der Waals surface area (Å²) < 4.78 is 6.48. The highest BCUT2D eigenvalue weighted by molar-refractivity contribution is 9.11. The maximum absolute atomic E-state index is 5.81. The number of rotatable bonds is 4. The van der Waals surface area contributed by atoms with Crippen molar-refractivity contribution in [3.63, 3.8) is 0 Å². The summed E-state index contributed by atoms with van der Waals surface area (Å²) in [6.45, 7) is 4.66. The predicted octanol–water partition coefficient (Wildman–Crippen LogP) is 3.59. The van der Waals surface area contributed by atoms with Crippen molar-refractivity contribution in [3.05, 3.63) is 53.0 Å². The monoisotopic (exact) mass is 291 g/mol. The molecule has 0 aliphatic carbocycles. The van der Waals surface area contributed by atoms with Gasteiger partial charge in [0.15, 0.2) is 0 Å². The quantitative estimate of drug-likeness (QED) is 0.934. The van der Waals surface area contributed by atoms with Crippen molar-refractivity contribution in [1.82, 2.24) is 0 Å². The fraction of sp³-hybridized carbons (Fsp3) is 0.143. The summed E-state index contributed by atoms with van der Waals surface area (Å²) in [5.41, 5.74) is 6.85. The minimum absolute atomic E-state index is 0.450. The first-order chi connectivity index (χ1) is 8.22. The molecular formula is C14H14BrNO. The molecular weight excluding hydrogens is 278 g/mol. The van der Waals surface area contributed by atoms with Gasteiger partial charge in [0.05, 0.1) is 0 Å². The van der Waals surface area contributed by atoms with Crippen LogP contribution in [0.3, 0.4) is 0 Å². The summed E-state index contributed by atoms with van der Waals surface area (Å²) in [5.74, 6) is 0.826. The molecule has 0 fully saturated rings. The van der Waals surface area contributed by atoms with Gasteiger partial charge in [0.25, 0.3) is 0 Å². The normalized spacial score (nSPS) is 10.5. The smallest absolute Gasteiger partial charge is 0.124 e. The Bertz CT molecular complexity index is 551. The fourth-order valence-corrected chi connectivity index (χ4v) is 1.93. The Morgan fingerprint density at radius 1 is 1.24 bits per heavy atom. The largest absolute Gasteiger partial charge is 0.488 e. The highest BCUT2D eigenvalue weighted by atomic mass is 79.9. The Balaban J connectivity index is 2.45. The van der Waals surface area contributed by atoms with E-state index >= 15 is 0 Å². The summed E-state index contributed by atoms with van der Waals surface area (Å²) in [7, 11) is 0. The van der Waals surface area contributed by atoms with Crippen molar-refractivity contribution in [2.45, 2.75) is 6.54 Å². The Labute approximate surface area is 109 Å². The van der Waals surface area contributed by atoms with Gasteiger partial charge >= 0.3 is 0 Å². The summed E-state index contributed by atoms with van der Waals surface area (Å²) in [6.07, 6.45) is 0. The molecule has 2 aromatic rings. The average Bonchev–Trinajstić information content (AvgIpc) is 2.35. The molecule has 2 rings (SSSR count). The number of halogens is 1. The highest BCUT2D eigenvalue weighted by Crippen LogP contribution is 2.28. The third kappa shape index (κ3) is 2.68. The third-order valence-corrected chi connectivity index (χ3v) is 2.81.